The number of rotatable bonds is 5. The Labute approximate surface area is 163 Å². The van der Waals surface area contributed by atoms with Gasteiger partial charge >= 0.3 is 0 Å². The van der Waals surface area contributed by atoms with Crippen molar-refractivity contribution < 1.29 is 22.6 Å². The fourth-order valence-corrected chi connectivity index (χ4v) is 3.75. The minimum absolute atomic E-state index is 0.0282. The molecule has 0 bridgehead atoms. The molecule has 0 amide bonds. The highest BCUT2D eigenvalue weighted by Crippen LogP contribution is 2.39. The maximum atomic E-state index is 13.1. The second-order valence-corrected chi connectivity index (χ2v) is 9.03. The number of fused-ring (bicyclic) bond motifs is 2. The number of nitrogens with two attached hydrogens (primary N) is 1. The zero-order valence-electron chi connectivity index (χ0n) is 15.9. The van der Waals surface area contributed by atoms with E-state index >= 15 is 0 Å². The summed E-state index contributed by atoms with van der Waals surface area (Å²) in [5.41, 5.74) is 5.74. The Kier molecular flexibility index (Phi) is 4.81. The van der Waals surface area contributed by atoms with Crippen LogP contribution in [0.2, 0.25) is 0 Å². The minimum Gasteiger partial charge on any atom is -0.397 e. The van der Waals surface area contributed by atoms with E-state index in [1.165, 1.54) is 6.07 Å². The number of anilines is 2. The number of nitrogen functional groups attached to an aromatic ring is 1. The smallest absolute Gasteiger partial charge is 0.296 e. The summed E-state index contributed by atoms with van der Waals surface area (Å²) in [4.78, 5) is 25.6. The van der Waals surface area contributed by atoms with Crippen LogP contribution in [-0.2, 0) is 10.1 Å². The zero-order valence-corrected chi connectivity index (χ0v) is 16.7. The first-order valence-electron chi connectivity index (χ1n) is 8.84. The number of hydrogen-bond donors (Lipinski definition) is 3. The molecule has 1 aliphatic rings. The minimum atomic E-state index is -4.70. The summed E-state index contributed by atoms with van der Waals surface area (Å²) in [6, 6.07) is 7.42. The van der Waals surface area contributed by atoms with Crippen molar-refractivity contribution in [2.24, 2.45) is 5.41 Å². The highest BCUT2D eigenvalue weighted by Gasteiger charge is 2.36. The number of ketones is 2. The van der Waals surface area contributed by atoms with Gasteiger partial charge in [-0.1, -0.05) is 45.0 Å². The van der Waals surface area contributed by atoms with Gasteiger partial charge in [0.2, 0.25) is 0 Å². The van der Waals surface area contributed by atoms with Crippen molar-refractivity contribution in [3.05, 3.63) is 52.6 Å². The number of hydrogen-bond acceptors (Lipinski definition) is 6. The van der Waals surface area contributed by atoms with Crippen molar-refractivity contribution in [2.75, 3.05) is 17.6 Å². The normalized spacial score (nSPS) is 13.9. The molecule has 4 N–H and O–H groups in total. The van der Waals surface area contributed by atoms with Crippen molar-refractivity contribution in [3.63, 3.8) is 0 Å². The molecule has 3 rings (SSSR count). The van der Waals surface area contributed by atoms with Crippen LogP contribution in [0, 0.1) is 5.41 Å². The molecule has 0 aromatic heterocycles. The molecule has 0 unspecified atom stereocenters. The molecule has 0 saturated heterocycles. The first-order chi connectivity index (χ1) is 13.0. The second-order valence-electron chi connectivity index (χ2n) is 7.64. The largest absolute Gasteiger partial charge is 0.397 e. The summed E-state index contributed by atoms with van der Waals surface area (Å²) >= 11 is 0. The molecule has 0 spiro atoms. The Balaban J connectivity index is 2.29. The molecule has 148 valence electrons. The first kappa shape index (κ1) is 20.0. The van der Waals surface area contributed by atoms with Crippen LogP contribution in [0.1, 0.15) is 59.0 Å². The van der Waals surface area contributed by atoms with Gasteiger partial charge in [0.15, 0.2) is 11.6 Å². The highest BCUT2D eigenvalue weighted by atomic mass is 32.2. The maximum absolute atomic E-state index is 13.1. The maximum Gasteiger partial charge on any atom is 0.296 e. The van der Waals surface area contributed by atoms with E-state index in [1.807, 2.05) is 20.8 Å². The van der Waals surface area contributed by atoms with E-state index in [9.17, 15) is 22.6 Å². The summed E-state index contributed by atoms with van der Waals surface area (Å²) in [6.07, 6.45) is 0.831. The van der Waals surface area contributed by atoms with Crippen LogP contribution in [0.3, 0.4) is 0 Å². The predicted molar refractivity (Wildman–Crippen MR) is 107 cm³/mol. The SMILES string of the molecule is CCC(C)(C)CNc1cc(S(=O)(=O)O)c(N)c2c1C(=O)c1ccccc1C2=O. The van der Waals surface area contributed by atoms with Crippen molar-refractivity contribution in [2.45, 2.75) is 32.1 Å². The van der Waals surface area contributed by atoms with Gasteiger partial charge in [-0.15, -0.1) is 0 Å². The molecular formula is C20H22N2O5S. The van der Waals surface area contributed by atoms with Crippen LogP contribution < -0.4 is 11.1 Å². The Hall–Kier alpha value is -2.71. The Morgan fingerprint density at radius 2 is 1.61 bits per heavy atom. The van der Waals surface area contributed by atoms with Crippen LogP contribution in [0.15, 0.2) is 35.2 Å². The molecule has 0 fully saturated rings. The van der Waals surface area contributed by atoms with Crippen LogP contribution in [-0.4, -0.2) is 31.1 Å². The summed E-state index contributed by atoms with van der Waals surface area (Å²) in [5, 5.41) is 3.08. The fourth-order valence-electron chi connectivity index (χ4n) is 3.11. The Morgan fingerprint density at radius 3 is 2.11 bits per heavy atom. The summed E-state index contributed by atoms with van der Waals surface area (Å²) in [6.45, 7) is 6.45. The average Bonchev–Trinajstić information content (AvgIpc) is 2.63. The number of benzene rings is 2. The van der Waals surface area contributed by atoms with Crippen LogP contribution in [0.25, 0.3) is 0 Å². The molecule has 8 heteroatoms. The standard InChI is InChI=1S/C20H22N2O5S/c1-4-20(2,3)10-22-13-9-14(28(25,26)27)17(21)16-15(13)18(23)11-7-5-6-8-12(11)19(16)24/h5-9,22H,4,10,21H2,1-3H3,(H,25,26,27). The lowest BCUT2D eigenvalue weighted by molar-refractivity contribution is 0.0980. The molecule has 0 atom stereocenters. The quantitative estimate of drug-likeness (QED) is 0.442. The van der Waals surface area contributed by atoms with Gasteiger partial charge in [0, 0.05) is 23.4 Å². The summed E-state index contributed by atoms with van der Waals surface area (Å²) in [5.74, 6) is -0.971. The van der Waals surface area contributed by atoms with E-state index in [2.05, 4.69) is 5.32 Å². The summed E-state index contributed by atoms with van der Waals surface area (Å²) in [7, 11) is -4.70. The Bertz CT molecular complexity index is 1100. The van der Waals surface area contributed by atoms with E-state index in [0.717, 1.165) is 12.5 Å². The van der Waals surface area contributed by atoms with E-state index in [0.29, 0.717) is 6.54 Å². The van der Waals surface area contributed by atoms with Crippen LogP contribution in [0.4, 0.5) is 11.4 Å². The van der Waals surface area contributed by atoms with Crippen molar-refractivity contribution in [1.29, 1.82) is 0 Å². The lowest BCUT2D eigenvalue weighted by Crippen LogP contribution is -2.28. The molecule has 7 nitrogen and oxygen atoms in total. The van der Waals surface area contributed by atoms with Gasteiger partial charge in [0.05, 0.1) is 16.8 Å². The Morgan fingerprint density at radius 1 is 1.07 bits per heavy atom. The lowest BCUT2D eigenvalue weighted by atomic mass is 9.82. The molecule has 2 aromatic rings. The zero-order chi connectivity index (χ0) is 20.9. The topological polar surface area (TPSA) is 127 Å². The van der Waals surface area contributed by atoms with Gasteiger partial charge in [0.1, 0.15) is 4.90 Å². The van der Waals surface area contributed by atoms with Crippen molar-refractivity contribution in [3.8, 4) is 0 Å². The third-order valence-electron chi connectivity index (χ3n) is 5.19. The van der Waals surface area contributed by atoms with Gasteiger partial charge in [0.25, 0.3) is 10.1 Å². The highest BCUT2D eigenvalue weighted by molar-refractivity contribution is 7.86. The first-order valence-corrected chi connectivity index (χ1v) is 10.3. The van der Waals surface area contributed by atoms with Crippen molar-refractivity contribution >= 4 is 33.1 Å². The molecule has 1 aliphatic carbocycles. The second kappa shape index (κ2) is 6.72. The predicted octanol–water partition coefficient (Wildman–Crippen LogP) is 3.14. The molecule has 0 radical (unpaired) electrons. The molecule has 0 heterocycles. The van der Waals surface area contributed by atoms with E-state index in [4.69, 9.17) is 5.73 Å². The van der Waals surface area contributed by atoms with E-state index in [-0.39, 0.29) is 33.4 Å². The van der Waals surface area contributed by atoms with Gasteiger partial charge in [-0.3, -0.25) is 14.1 Å². The van der Waals surface area contributed by atoms with Crippen LogP contribution >= 0.6 is 0 Å². The van der Waals surface area contributed by atoms with E-state index in [1.54, 1.807) is 18.2 Å². The van der Waals surface area contributed by atoms with Gasteiger partial charge in [-0.25, -0.2) is 0 Å². The summed E-state index contributed by atoms with van der Waals surface area (Å²) < 4.78 is 33.3. The molecule has 2 aromatic carbocycles. The van der Waals surface area contributed by atoms with Gasteiger partial charge in [-0.2, -0.15) is 8.42 Å². The fraction of sp³-hybridized carbons (Fsp3) is 0.300. The van der Waals surface area contributed by atoms with Crippen molar-refractivity contribution in [1.82, 2.24) is 0 Å². The van der Waals surface area contributed by atoms with Crippen LogP contribution in [0.5, 0.6) is 0 Å². The molecule has 0 saturated carbocycles. The average molecular weight is 402 g/mol. The van der Waals surface area contributed by atoms with E-state index < -0.39 is 32.3 Å². The third-order valence-corrected chi connectivity index (χ3v) is 6.09. The number of carbonyl (C=O) groups excluding carboxylic acids is 2. The number of carbonyl (C=O) groups is 2. The monoisotopic (exact) mass is 402 g/mol. The molecule has 28 heavy (non-hydrogen) atoms. The third kappa shape index (κ3) is 3.29. The van der Waals surface area contributed by atoms with Gasteiger partial charge in [-0.05, 0) is 17.9 Å². The van der Waals surface area contributed by atoms with Gasteiger partial charge < -0.3 is 11.1 Å². The lowest BCUT2D eigenvalue weighted by Gasteiger charge is -2.27. The number of nitrogens with one attached hydrogen (secondary N) is 1. The molecule has 0 aliphatic heterocycles. The molecular weight excluding hydrogens is 380 g/mol.